The van der Waals surface area contributed by atoms with Crippen LogP contribution in [0.25, 0.3) is 16.6 Å². The number of hydrogen-bond acceptors (Lipinski definition) is 7. The van der Waals surface area contributed by atoms with E-state index < -0.39 is 0 Å². The number of benzene rings is 2. The number of nitrogens with one attached hydrogen (secondary N) is 2. The molecule has 0 aliphatic carbocycles. The van der Waals surface area contributed by atoms with Crippen LogP contribution in [0.3, 0.4) is 0 Å². The van der Waals surface area contributed by atoms with Crippen LogP contribution in [0.4, 0.5) is 11.4 Å². The van der Waals surface area contributed by atoms with Crippen LogP contribution in [-0.4, -0.2) is 32.1 Å². The summed E-state index contributed by atoms with van der Waals surface area (Å²) in [5.41, 5.74) is 11.8. The molecule has 4 aromatic rings. The van der Waals surface area contributed by atoms with Crippen molar-refractivity contribution in [3.05, 3.63) is 65.1 Å². The van der Waals surface area contributed by atoms with Gasteiger partial charge in [0.2, 0.25) is 5.89 Å². The van der Waals surface area contributed by atoms with Crippen LogP contribution in [0.5, 0.6) is 5.75 Å². The van der Waals surface area contributed by atoms with Crippen molar-refractivity contribution in [1.82, 2.24) is 19.9 Å². The minimum atomic E-state index is -0.0444. The topological polar surface area (TPSA) is 122 Å². The van der Waals surface area contributed by atoms with Crippen LogP contribution >= 0.6 is 0 Å². The van der Waals surface area contributed by atoms with Crippen molar-refractivity contribution in [2.75, 3.05) is 12.4 Å². The van der Waals surface area contributed by atoms with Crippen molar-refractivity contribution >= 4 is 22.3 Å². The number of hydrogen-bond donors (Lipinski definition) is 2. The quantitative estimate of drug-likeness (QED) is 0.398. The van der Waals surface area contributed by atoms with Gasteiger partial charge in [0, 0.05) is 17.9 Å². The standard InChI is InChI=1S/C20H21N6O3.Rb/c1-12-24-19(25-29-12)9-22-17-7-16(21)6-15-8-23-26(20(15)17)10-14-4-3-13(11-27)5-18(14)28-2;/h3-8,21-22,27H,9-11H2,1-2H3;/q-1;+1. The second-order valence-electron chi connectivity index (χ2n) is 6.65. The Bertz CT molecular complexity index is 1160. The fourth-order valence-corrected chi connectivity index (χ4v) is 3.25. The molecule has 30 heavy (non-hydrogen) atoms. The largest absolute Gasteiger partial charge is 1.00 e. The summed E-state index contributed by atoms with van der Waals surface area (Å²) in [6.07, 6.45) is 1.74. The number of aryl methyl sites for hydroxylation is 1. The predicted octanol–water partition coefficient (Wildman–Crippen LogP) is 0.577. The van der Waals surface area contributed by atoms with Gasteiger partial charge in [0.25, 0.3) is 0 Å². The van der Waals surface area contributed by atoms with E-state index in [1.807, 2.05) is 22.9 Å². The third-order valence-electron chi connectivity index (χ3n) is 4.59. The summed E-state index contributed by atoms with van der Waals surface area (Å²) in [4.78, 5) is 4.20. The summed E-state index contributed by atoms with van der Waals surface area (Å²) in [6.45, 7) is 2.54. The van der Waals surface area contributed by atoms with E-state index in [0.29, 0.717) is 36.2 Å². The van der Waals surface area contributed by atoms with Crippen LogP contribution < -0.4 is 68.2 Å². The summed E-state index contributed by atoms with van der Waals surface area (Å²) in [6, 6.07) is 9.13. The maximum atomic E-state index is 9.35. The molecule has 0 spiro atoms. The molecule has 0 aliphatic heterocycles. The molecule has 0 atom stereocenters. The van der Waals surface area contributed by atoms with Crippen molar-refractivity contribution in [2.45, 2.75) is 26.6 Å². The van der Waals surface area contributed by atoms with Crippen LogP contribution in [0.15, 0.2) is 41.1 Å². The molecule has 0 aliphatic rings. The zero-order valence-corrected chi connectivity index (χ0v) is 22.1. The Hall–Kier alpha value is -1.78. The molecule has 4 rings (SSSR count). The first-order valence-corrected chi connectivity index (χ1v) is 9.08. The summed E-state index contributed by atoms with van der Waals surface area (Å²) >= 11 is 0. The number of nitrogens with zero attached hydrogens (tertiary/aromatic N) is 4. The molecular weight excluding hydrogens is 458 g/mol. The van der Waals surface area contributed by atoms with Gasteiger partial charge in [-0.2, -0.15) is 10.1 Å². The Labute approximate surface area is 222 Å². The van der Waals surface area contributed by atoms with E-state index in [0.717, 1.165) is 27.7 Å². The Balaban J connectivity index is 0.00000256. The monoisotopic (exact) mass is 478 g/mol. The van der Waals surface area contributed by atoms with Crippen molar-refractivity contribution in [3.63, 3.8) is 0 Å². The summed E-state index contributed by atoms with van der Waals surface area (Å²) in [5.74, 6) is 1.73. The molecule has 0 amide bonds. The van der Waals surface area contributed by atoms with Gasteiger partial charge in [0.15, 0.2) is 5.82 Å². The molecule has 2 aromatic heterocycles. The molecule has 10 heteroatoms. The zero-order chi connectivity index (χ0) is 20.4. The summed E-state index contributed by atoms with van der Waals surface area (Å²) in [5, 5.41) is 21.9. The molecule has 150 valence electrons. The molecule has 0 saturated heterocycles. The van der Waals surface area contributed by atoms with E-state index in [1.165, 1.54) is 0 Å². The molecule has 0 bridgehead atoms. The van der Waals surface area contributed by atoms with Gasteiger partial charge in [-0.1, -0.05) is 29.4 Å². The Morgan fingerprint density at radius 2 is 2.10 bits per heavy atom. The molecule has 2 heterocycles. The van der Waals surface area contributed by atoms with Crippen molar-refractivity contribution in [2.24, 2.45) is 0 Å². The molecule has 0 fully saturated rings. The second-order valence-corrected chi connectivity index (χ2v) is 6.65. The van der Waals surface area contributed by atoms with Gasteiger partial charge in [0.05, 0.1) is 44.2 Å². The minimum absolute atomic E-state index is 0. The van der Waals surface area contributed by atoms with E-state index in [4.69, 9.17) is 15.0 Å². The van der Waals surface area contributed by atoms with Crippen LogP contribution in [0.2, 0.25) is 0 Å². The summed E-state index contributed by atoms with van der Waals surface area (Å²) in [7, 11) is 1.60. The van der Waals surface area contributed by atoms with Gasteiger partial charge < -0.3 is 25.4 Å². The second kappa shape index (κ2) is 10.0. The van der Waals surface area contributed by atoms with Gasteiger partial charge in [-0.15, -0.1) is 5.69 Å². The first-order chi connectivity index (χ1) is 14.1. The Morgan fingerprint density at radius 3 is 2.80 bits per heavy atom. The third-order valence-corrected chi connectivity index (χ3v) is 4.59. The van der Waals surface area contributed by atoms with Crippen LogP contribution in [0, 0.1) is 6.92 Å². The number of ether oxygens (including phenoxy) is 1. The molecule has 3 N–H and O–H groups in total. The fraction of sp³-hybridized carbons (Fsp3) is 0.250. The minimum Gasteiger partial charge on any atom is -0.699 e. The number of anilines is 1. The van der Waals surface area contributed by atoms with Gasteiger partial charge >= 0.3 is 58.2 Å². The van der Waals surface area contributed by atoms with Gasteiger partial charge in [0.1, 0.15) is 5.75 Å². The normalized spacial score (nSPS) is 10.8. The number of methoxy groups -OCH3 is 1. The van der Waals surface area contributed by atoms with Crippen molar-refractivity contribution < 1.29 is 72.6 Å². The average Bonchev–Trinajstić information content (AvgIpc) is 3.32. The first-order valence-electron chi connectivity index (χ1n) is 9.08. The van der Waals surface area contributed by atoms with E-state index in [-0.39, 0.29) is 64.8 Å². The third kappa shape index (κ3) is 4.92. The smallest absolute Gasteiger partial charge is 0.699 e. The van der Waals surface area contributed by atoms with Crippen molar-refractivity contribution in [1.29, 1.82) is 0 Å². The number of aliphatic hydroxyl groups is 1. The Morgan fingerprint density at radius 1 is 1.27 bits per heavy atom. The van der Waals surface area contributed by atoms with Crippen LogP contribution in [0.1, 0.15) is 22.8 Å². The molecule has 2 aromatic carbocycles. The zero-order valence-electron chi connectivity index (χ0n) is 17.1. The average molecular weight is 479 g/mol. The number of fused-ring (bicyclic) bond motifs is 1. The van der Waals surface area contributed by atoms with Crippen molar-refractivity contribution in [3.8, 4) is 5.75 Å². The van der Waals surface area contributed by atoms with E-state index in [2.05, 4.69) is 20.6 Å². The predicted molar refractivity (Wildman–Crippen MR) is 108 cm³/mol. The van der Waals surface area contributed by atoms with E-state index in [1.54, 1.807) is 32.4 Å². The number of aliphatic hydroxyl groups excluding tert-OH is 1. The van der Waals surface area contributed by atoms with E-state index >= 15 is 0 Å². The maximum absolute atomic E-state index is 9.35. The molecule has 0 unspecified atom stereocenters. The molecular formula is C20H21N6O3Rb. The Kier molecular flexibility index (Phi) is 7.64. The number of rotatable bonds is 7. The van der Waals surface area contributed by atoms with Gasteiger partial charge in [-0.25, -0.2) is 0 Å². The van der Waals surface area contributed by atoms with E-state index in [9.17, 15) is 5.11 Å². The molecule has 0 saturated carbocycles. The number of aromatic nitrogens is 4. The van der Waals surface area contributed by atoms with Crippen LogP contribution in [-0.2, 0) is 19.7 Å². The SMILES string of the molecule is COc1cc(CO)ccc1Cn1ncc2cc([NH-])cc(NCc3noc(C)n3)c21.[Rb+]. The molecule has 9 nitrogen and oxygen atoms in total. The first kappa shape index (κ1) is 22.9. The fourth-order valence-electron chi connectivity index (χ4n) is 3.25. The molecule has 0 radical (unpaired) electrons. The van der Waals surface area contributed by atoms with Gasteiger partial charge in [-0.05, 0) is 11.6 Å². The summed E-state index contributed by atoms with van der Waals surface area (Å²) < 4.78 is 12.3. The van der Waals surface area contributed by atoms with Gasteiger partial charge in [-0.3, -0.25) is 4.68 Å². The maximum Gasteiger partial charge on any atom is 1.00 e.